The molecule has 0 spiro atoms. The summed E-state index contributed by atoms with van der Waals surface area (Å²) in [5.41, 5.74) is 2.58. The summed E-state index contributed by atoms with van der Waals surface area (Å²) in [7, 11) is 0. The lowest BCUT2D eigenvalue weighted by molar-refractivity contribution is -0.142. The van der Waals surface area contributed by atoms with Crippen LogP contribution in [0.2, 0.25) is 0 Å². The Morgan fingerprint density at radius 1 is 0.833 bits per heavy atom. The van der Waals surface area contributed by atoms with Gasteiger partial charge < -0.3 is 9.84 Å². The summed E-state index contributed by atoms with van der Waals surface area (Å²) in [5.74, 6) is -0.854. The number of carbonyl (C=O) groups is 2. The highest BCUT2D eigenvalue weighted by Gasteiger charge is 2.02. The lowest BCUT2D eigenvalue weighted by atomic mass is 10.1. The van der Waals surface area contributed by atoms with Gasteiger partial charge in [-0.25, -0.2) is 0 Å². The van der Waals surface area contributed by atoms with Gasteiger partial charge in [-0.15, -0.1) is 0 Å². The maximum Gasteiger partial charge on any atom is 0.306 e. The Bertz CT molecular complexity index is 417. The molecule has 0 saturated carbocycles. The van der Waals surface area contributed by atoms with Crippen LogP contribution in [0.1, 0.15) is 85.0 Å². The lowest BCUT2D eigenvalue weighted by Crippen LogP contribution is -2.04. The minimum Gasteiger partial charge on any atom is -0.481 e. The molecule has 0 aliphatic heterocycles. The van der Waals surface area contributed by atoms with E-state index in [2.05, 4.69) is 26.8 Å². The van der Waals surface area contributed by atoms with Crippen molar-refractivity contribution in [3.05, 3.63) is 23.3 Å². The topological polar surface area (TPSA) is 63.6 Å². The number of carboxylic acid groups (broad SMARTS) is 1. The average Bonchev–Trinajstić information content (AvgIpc) is 2.49. The SMILES string of the molecule is CC(C)=CCC/C(C)=C/COC(=O)CCCCCCCCC(=O)O. The number of hydrogen-bond acceptors (Lipinski definition) is 3. The first-order valence-corrected chi connectivity index (χ1v) is 9.08. The first-order chi connectivity index (χ1) is 11.4. The van der Waals surface area contributed by atoms with Crippen LogP contribution in [0.15, 0.2) is 23.3 Å². The third-order valence-electron chi connectivity index (χ3n) is 3.79. The molecule has 0 saturated heterocycles. The van der Waals surface area contributed by atoms with Crippen LogP contribution >= 0.6 is 0 Å². The van der Waals surface area contributed by atoms with Crippen molar-refractivity contribution >= 4 is 11.9 Å². The highest BCUT2D eigenvalue weighted by Crippen LogP contribution is 2.10. The number of ether oxygens (including phenoxy) is 1. The Kier molecular flexibility index (Phi) is 14.0. The molecule has 0 aromatic rings. The number of esters is 1. The van der Waals surface area contributed by atoms with Crippen LogP contribution < -0.4 is 0 Å². The second kappa shape index (κ2) is 15.0. The standard InChI is InChI=1S/C20H34O4/c1-17(2)11-10-12-18(3)15-16-24-20(23)14-9-7-5-4-6-8-13-19(21)22/h11,15H,4-10,12-14,16H2,1-3H3,(H,21,22)/b18-15+. The number of carboxylic acids is 1. The van der Waals surface area contributed by atoms with Gasteiger partial charge in [0, 0.05) is 12.8 Å². The smallest absolute Gasteiger partial charge is 0.306 e. The van der Waals surface area contributed by atoms with Gasteiger partial charge in [0.2, 0.25) is 0 Å². The monoisotopic (exact) mass is 338 g/mol. The van der Waals surface area contributed by atoms with Crippen LogP contribution in [-0.4, -0.2) is 23.7 Å². The Hall–Kier alpha value is -1.58. The van der Waals surface area contributed by atoms with Crippen molar-refractivity contribution in [2.75, 3.05) is 6.61 Å². The maximum absolute atomic E-state index is 11.6. The summed E-state index contributed by atoms with van der Waals surface area (Å²) in [4.78, 5) is 22.0. The second-order valence-electron chi connectivity index (χ2n) is 6.57. The molecule has 0 atom stereocenters. The zero-order valence-corrected chi connectivity index (χ0v) is 15.6. The van der Waals surface area contributed by atoms with E-state index in [9.17, 15) is 9.59 Å². The molecule has 0 bridgehead atoms. The fourth-order valence-electron chi connectivity index (χ4n) is 2.29. The van der Waals surface area contributed by atoms with E-state index in [0.29, 0.717) is 13.0 Å². The van der Waals surface area contributed by atoms with E-state index in [4.69, 9.17) is 9.84 Å². The van der Waals surface area contributed by atoms with Gasteiger partial charge in [0.15, 0.2) is 0 Å². The molecule has 0 aromatic carbocycles. The van der Waals surface area contributed by atoms with E-state index in [-0.39, 0.29) is 12.4 Å². The van der Waals surface area contributed by atoms with Gasteiger partial charge in [0.25, 0.3) is 0 Å². The largest absolute Gasteiger partial charge is 0.481 e. The normalized spacial score (nSPS) is 11.2. The summed E-state index contributed by atoms with van der Waals surface area (Å²) >= 11 is 0. The fourth-order valence-corrected chi connectivity index (χ4v) is 2.29. The summed E-state index contributed by atoms with van der Waals surface area (Å²) in [6.45, 7) is 6.62. The number of unbranched alkanes of at least 4 members (excludes halogenated alkanes) is 5. The van der Waals surface area contributed by atoms with E-state index in [1.54, 1.807) is 0 Å². The van der Waals surface area contributed by atoms with E-state index in [1.165, 1.54) is 11.1 Å². The Morgan fingerprint density at radius 3 is 2.00 bits per heavy atom. The minimum atomic E-state index is -0.723. The van der Waals surface area contributed by atoms with Gasteiger partial charge in [-0.3, -0.25) is 9.59 Å². The van der Waals surface area contributed by atoms with Gasteiger partial charge >= 0.3 is 11.9 Å². The quantitative estimate of drug-likeness (QED) is 0.261. The van der Waals surface area contributed by atoms with Crippen molar-refractivity contribution in [2.45, 2.75) is 85.0 Å². The number of carbonyl (C=O) groups excluding carboxylic acids is 1. The molecule has 0 aliphatic carbocycles. The van der Waals surface area contributed by atoms with Crippen molar-refractivity contribution in [1.29, 1.82) is 0 Å². The maximum atomic E-state index is 11.6. The van der Waals surface area contributed by atoms with E-state index < -0.39 is 5.97 Å². The van der Waals surface area contributed by atoms with Crippen molar-refractivity contribution in [3.8, 4) is 0 Å². The Balaban J connectivity index is 3.52. The minimum absolute atomic E-state index is 0.130. The molecule has 4 heteroatoms. The lowest BCUT2D eigenvalue weighted by Gasteiger charge is -2.04. The molecule has 0 aliphatic rings. The Labute approximate surface area is 147 Å². The molecule has 0 heterocycles. The van der Waals surface area contributed by atoms with Crippen LogP contribution in [0.4, 0.5) is 0 Å². The molecular weight excluding hydrogens is 304 g/mol. The second-order valence-corrected chi connectivity index (χ2v) is 6.57. The first-order valence-electron chi connectivity index (χ1n) is 9.08. The molecule has 24 heavy (non-hydrogen) atoms. The Morgan fingerprint density at radius 2 is 1.42 bits per heavy atom. The van der Waals surface area contributed by atoms with E-state index in [0.717, 1.165) is 51.4 Å². The number of rotatable bonds is 14. The van der Waals surface area contributed by atoms with Gasteiger partial charge in [-0.1, -0.05) is 42.9 Å². The van der Waals surface area contributed by atoms with Crippen molar-refractivity contribution < 1.29 is 19.4 Å². The summed E-state index contributed by atoms with van der Waals surface area (Å²) < 4.78 is 5.22. The van der Waals surface area contributed by atoms with Crippen LogP contribution in [0.25, 0.3) is 0 Å². The summed E-state index contributed by atoms with van der Waals surface area (Å²) in [5, 5.41) is 8.53. The third kappa shape index (κ3) is 16.8. The highest BCUT2D eigenvalue weighted by atomic mass is 16.5. The molecule has 1 N–H and O–H groups in total. The molecule has 0 fully saturated rings. The van der Waals surface area contributed by atoms with Crippen LogP contribution in [0.3, 0.4) is 0 Å². The number of aliphatic carboxylic acids is 1. The molecule has 0 rings (SSSR count). The van der Waals surface area contributed by atoms with Gasteiger partial charge in [-0.05, 0) is 52.5 Å². The summed E-state index contributed by atoms with van der Waals surface area (Å²) in [6, 6.07) is 0. The molecule has 0 unspecified atom stereocenters. The number of allylic oxidation sites excluding steroid dienone is 3. The fraction of sp³-hybridized carbons (Fsp3) is 0.700. The zero-order valence-electron chi connectivity index (χ0n) is 15.6. The van der Waals surface area contributed by atoms with E-state index >= 15 is 0 Å². The summed E-state index contributed by atoms with van der Waals surface area (Å²) in [6.07, 6.45) is 12.6. The predicted molar refractivity (Wildman–Crippen MR) is 98.0 cm³/mol. The molecular formula is C20H34O4. The first kappa shape index (κ1) is 22.4. The molecule has 0 radical (unpaired) electrons. The number of hydrogen-bond donors (Lipinski definition) is 1. The predicted octanol–water partition coefficient (Wildman–Crippen LogP) is 5.43. The average molecular weight is 338 g/mol. The van der Waals surface area contributed by atoms with Crippen molar-refractivity contribution in [2.24, 2.45) is 0 Å². The molecule has 0 amide bonds. The molecule has 138 valence electrons. The third-order valence-corrected chi connectivity index (χ3v) is 3.79. The van der Waals surface area contributed by atoms with Gasteiger partial charge in [-0.2, -0.15) is 0 Å². The van der Waals surface area contributed by atoms with Crippen molar-refractivity contribution in [1.82, 2.24) is 0 Å². The zero-order chi connectivity index (χ0) is 18.2. The van der Waals surface area contributed by atoms with Crippen molar-refractivity contribution in [3.63, 3.8) is 0 Å². The molecule has 0 aromatic heterocycles. The highest BCUT2D eigenvalue weighted by molar-refractivity contribution is 5.69. The van der Waals surface area contributed by atoms with Gasteiger partial charge in [0.05, 0.1) is 0 Å². The van der Waals surface area contributed by atoms with Crippen LogP contribution in [0, 0.1) is 0 Å². The molecule has 4 nitrogen and oxygen atoms in total. The van der Waals surface area contributed by atoms with Crippen LogP contribution in [0.5, 0.6) is 0 Å². The van der Waals surface area contributed by atoms with Gasteiger partial charge in [0.1, 0.15) is 6.61 Å². The van der Waals surface area contributed by atoms with E-state index in [1.807, 2.05) is 6.08 Å². The van der Waals surface area contributed by atoms with Crippen LogP contribution in [-0.2, 0) is 14.3 Å².